The number of hydrogen-bond donors (Lipinski definition) is 3. The fourth-order valence-electron chi connectivity index (χ4n) is 2.11. The maximum atomic E-state index is 10.5. The normalized spacial score (nSPS) is 39.6. The molecular weight excluding hydrogens is 208 g/mol. The summed E-state index contributed by atoms with van der Waals surface area (Å²) < 4.78 is 5.27. The van der Waals surface area contributed by atoms with E-state index in [0.717, 1.165) is 0 Å². The fraction of sp³-hybridized carbons (Fsp3) is 0.500. The third-order valence-corrected chi connectivity index (χ3v) is 3.19. The van der Waals surface area contributed by atoms with Gasteiger partial charge in [0.2, 0.25) is 0 Å². The molecule has 4 heteroatoms. The van der Waals surface area contributed by atoms with E-state index < -0.39 is 23.9 Å². The molecule has 0 aromatic heterocycles. The van der Waals surface area contributed by atoms with Crippen LogP contribution < -0.4 is 0 Å². The van der Waals surface area contributed by atoms with Crippen LogP contribution in [-0.4, -0.2) is 40.2 Å². The topological polar surface area (TPSA) is 69.9 Å². The highest BCUT2D eigenvalue weighted by molar-refractivity contribution is 5.26. The highest BCUT2D eigenvalue weighted by atomic mass is 16.5. The van der Waals surface area contributed by atoms with Crippen LogP contribution in [0.1, 0.15) is 12.5 Å². The minimum atomic E-state index is -1.56. The maximum Gasteiger partial charge on any atom is 0.144 e. The predicted molar refractivity (Wildman–Crippen MR) is 57.8 cm³/mol. The molecule has 1 aliphatic rings. The molecule has 16 heavy (non-hydrogen) atoms. The molecule has 0 amide bonds. The van der Waals surface area contributed by atoms with Gasteiger partial charge < -0.3 is 20.1 Å². The summed E-state index contributed by atoms with van der Waals surface area (Å²) in [6, 6.07) is 8.79. The van der Waals surface area contributed by atoms with E-state index in [1.54, 1.807) is 31.2 Å². The Morgan fingerprint density at radius 2 is 1.88 bits per heavy atom. The molecule has 3 unspecified atom stereocenters. The molecule has 1 fully saturated rings. The van der Waals surface area contributed by atoms with E-state index in [1.165, 1.54) is 0 Å². The first-order valence-electron chi connectivity index (χ1n) is 5.32. The van der Waals surface area contributed by atoms with Gasteiger partial charge in [-0.2, -0.15) is 0 Å². The summed E-state index contributed by atoms with van der Waals surface area (Å²) in [7, 11) is 0. The van der Waals surface area contributed by atoms with E-state index in [9.17, 15) is 15.3 Å². The second kappa shape index (κ2) is 4.14. The van der Waals surface area contributed by atoms with Crippen LogP contribution in [0.15, 0.2) is 30.3 Å². The Kier molecular flexibility index (Phi) is 2.99. The molecule has 1 heterocycles. The molecule has 1 aromatic rings. The van der Waals surface area contributed by atoms with Crippen molar-refractivity contribution >= 4 is 0 Å². The van der Waals surface area contributed by atoms with Gasteiger partial charge in [-0.3, -0.25) is 0 Å². The van der Waals surface area contributed by atoms with Gasteiger partial charge in [0.25, 0.3) is 0 Å². The lowest BCUT2D eigenvalue weighted by atomic mass is 9.80. The van der Waals surface area contributed by atoms with E-state index >= 15 is 0 Å². The average Bonchev–Trinajstić information content (AvgIpc) is 2.33. The molecule has 4 atom stereocenters. The van der Waals surface area contributed by atoms with Gasteiger partial charge in [0, 0.05) is 0 Å². The quantitative estimate of drug-likeness (QED) is 0.628. The van der Waals surface area contributed by atoms with Gasteiger partial charge in [-0.1, -0.05) is 30.3 Å². The van der Waals surface area contributed by atoms with Gasteiger partial charge in [0.1, 0.15) is 17.8 Å². The molecule has 0 aliphatic carbocycles. The van der Waals surface area contributed by atoms with Crippen molar-refractivity contribution in [2.24, 2.45) is 0 Å². The van der Waals surface area contributed by atoms with Crippen LogP contribution in [0, 0.1) is 0 Å². The Morgan fingerprint density at radius 1 is 1.25 bits per heavy atom. The highest BCUT2D eigenvalue weighted by Crippen LogP contribution is 2.35. The van der Waals surface area contributed by atoms with Crippen LogP contribution in [0.25, 0.3) is 0 Å². The van der Waals surface area contributed by atoms with Gasteiger partial charge in [-0.15, -0.1) is 0 Å². The van der Waals surface area contributed by atoms with Crippen molar-refractivity contribution in [3.8, 4) is 0 Å². The Morgan fingerprint density at radius 3 is 2.50 bits per heavy atom. The van der Waals surface area contributed by atoms with Crippen LogP contribution >= 0.6 is 0 Å². The van der Waals surface area contributed by atoms with Crippen molar-refractivity contribution in [2.45, 2.75) is 30.8 Å². The zero-order valence-corrected chi connectivity index (χ0v) is 9.08. The average molecular weight is 224 g/mol. The van der Waals surface area contributed by atoms with E-state index in [4.69, 9.17) is 4.74 Å². The number of ether oxygens (including phenoxy) is 1. The van der Waals surface area contributed by atoms with Gasteiger partial charge in [0.15, 0.2) is 0 Å². The number of benzene rings is 1. The van der Waals surface area contributed by atoms with E-state index in [-0.39, 0.29) is 6.61 Å². The molecule has 0 saturated carbocycles. The first kappa shape index (κ1) is 11.5. The van der Waals surface area contributed by atoms with Crippen molar-refractivity contribution < 1.29 is 20.1 Å². The molecular formula is C12H16O4. The molecule has 0 bridgehead atoms. The lowest BCUT2D eigenvalue weighted by Crippen LogP contribution is -2.59. The molecule has 1 aromatic carbocycles. The standard InChI is InChI=1S/C12H16O4/c1-8-12(15,9-5-3-2-4-6-9)11(14)10(13)7-16-8/h2-6,8,10-11,13-15H,7H2,1H3/t8-,10?,11?,12?/m1/s1. The summed E-state index contributed by atoms with van der Waals surface area (Å²) in [6.45, 7) is 1.72. The van der Waals surface area contributed by atoms with E-state index in [0.29, 0.717) is 5.56 Å². The first-order valence-corrected chi connectivity index (χ1v) is 5.32. The zero-order valence-electron chi connectivity index (χ0n) is 9.08. The second-order valence-corrected chi connectivity index (χ2v) is 4.18. The van der Waals surface area contributed by atoms with Crippen molar-refractivity contribution in [3.05, 3.63) is 35.9 Å². The Bertz CT molecular complexity index is 353. The third-order valence-electron chi connectivity index (χ3n) is 3.19. The van der Waals surface area contributed by atoms with E-state index in [2.05, 4.69) is 0 Å². The van der Waals surface area contributed by atoms with Crippen LogP contribution in [0.3, 0.4) is 0 Å². The van der Waals surface area contributed by atoms with Crippen LogP contribution in [0.2, 0.25) is 0 Å². The van der Waals surface area contributed by atoms with Crippen molar-refractivity contribution in [1.29, 1.82) is 0 Å². The Balaban J connectivity index is 2.41. The number of aliphatic hydroxyl groups is 3. The van der Waals surface area contributed by atoms with Crippen molar-refractivity contribution in [3.63, 3.8) is 0 Å². The molecule has 88 valence electrons. The first-order chi connectivity index (χ1) is 7.56. The lowest BCUT2D eigenvalue weighted by molar-refractivity contribution is -0.243. The van der Waals surface area contributed by atoms with Gasteiger partial charge >= 0.3 is 0 Å². The third kappa shape index (κ3) is 1.64. The summed E-state index contributed by atoms with van der Waals surface area (Å²) in [5.74, 6) is 0. The molecule has 1 aliphatic heterocycles. The number of hydrogen-bond acceptors (Lipinski definition) is 4. The summed E-state index contributed by atoms with van der Waals surface area (Å²) in [6.07, 6.45) is -2.87. The fourth-order valence-corrected chi connectivity index (χ4v) is 2.11. The molecule has 4 nitrogen and oxygen atoms in total. The molecule has 3 N–H and O–H groups in total. The molecule has 0 spiro atoms. The van der Waals surface area contributed by atoms with Gasteiger partial charge in [-0.25, -0.2) is 0 Å². The van der Waals surface area contributed by atoms with Crippen LogP contribution in [0.5, 0.6) is 0 Å². The monoisotopic (exact) mass is 224 g/mol. The Hall–Kier alpha value is -0.940. The SMILES string of the molecule is C[C@H]1OCC(O)C(O)C1(O)c1ccccc1. The minimum Gasteiger partial charge on any atom is -0.388 e. The highest BCUT2D eigenvalue weighted by Gasteiger charge is 2.50. The molecule has 1 saturated heterocycles. The summed E-state index contributed by atoms with van der Waals surface area (Å²) in [4.78, 5) is 0. The predicted octanol–water partition coefficient (Wildman–Crippen LogP) is 0.0147. The minimum absolute atomic E-state index is 0.0392. The molecule has 2 rings (SSSR count). The largest absolute Gasteiger partial charge is 0.388 e. The smallest absolute Gasteiger partial charge is 0.144 e. The number of aliphatic hydroxyl groups excluding tert-OH is 2. The lowest BCUT2D eigenvalue weighted by Gasteiger charge is -2.44. The summed E-state index contributed by atoms with van der Waals surface area (Å²) in [5, 5.41) is 30.0. The Labute approximate surface area is 94.1 Å². The van der Waals surface area contributed by atoms with Gasteiger partial charge in [-0.05, 0) is 12.5 Å². The maximum absolute atomic E-state index is 10.5. The van der Waals surface area contributed by atoms with E-state index in [1.807, 2.05) is 6.07 Å². The second-order valence-electron chi connectivity index (χ2n) is 4.18. The summed E-state index contributed by atoms with van der Waals surface area (Å²) in [5.41, 5.74) is -1.01. The van der Waals surface area contributed by atoms with Gasteiger partial charge in [0.05, 0.1) is 12.7 Å². The number of rotatable bonds is 1. The van der Waals surface area contributed by atoms with Crippen LogP contribution in [-0.2, 0) is 10.3 Å². The zero-order chi connectivity index (χ0) is 11.8. The summed E-state index contributed by atoms with van der Waals surface area (Å²) >= 11 is 0. The molecule has 0 radical (unpaired) electrons. The van der Waals surface area contributed by atoms with Crippen molar-refractivity contribution in [1.82, 2.24) is 0 Å². The van der Waals surface area contributed by atoms with Crippen molar-refractivity contribution in [2.75, 3.05) is 6.61 Å². The van der Waals surface area contributed by atoms with Crippen LogP contribution in [0.4, 0.5) is 0 Å².